The van der Waals surface area contributed by atoms with Crippen LogP contribution in [0.3, 0.4) is 0 Å². The van der Waals surface area contributed by atoms with Crippen molar-refractivity contribution in [1.29, 1.82) is 0 Å². The molecule has 0 heterocycles. The summed E-state index contributed by atoms with van der Waals surface area (Å²) in [7, 11) is -1.02. The van der Waals surface area contributed by atoms with Gasteiger partial charge in [-0.1, -0.05) is 88.0 Å². The van der Waals surface area contributed by atoms with Crippen LogP contribution in [0, 0.1) is 41.5 Å². The highest BCUT2D eigenvalue weighted by Crippen LogP contribution is 2.09. The molecule has 0 atom stereocenters. The Balaban J connectivity index is 2.27. The lowest BCUT2D eigenvalue weighted by atomic mass is 10.1. The Hall–Kier alpha value is -2.12. The molecule has 0 saturated carbocycles. The van der Waals surface area contributed by atoms with Crippen molar-refractivity contribution in [2.75, 3.05) is 0 Å². The Morgan fingerprint density at radius 1 is 0.440 bits per heavy atom. The molecule has 0 fully saturated rings. The van der Waals surface area contributed by atoms with Crippen LogP contribution in [0.2, 0.25) is 0 Å². The van der Waals surface area contributed by atoms with Crippen molar-refractivity contribution < 1.29 is 0 Å². The van der Waals surface area contributed by atoms with E-state index < -0.39 is 8.80 Å². The van der Waals surface area contributed by atoms with Gasteiger partial charge in [0.1, 0.15) is 0 Å². The second-order valence-corrected chi connectivity index (χ2v) is 9.70. The van der Waals surface area contributed by atoms with E-state index in [1.165, 1.54) is 48.9 Å². The third kappa shape index (κ3) is 3.62. The predicted molar refractivity (Wildman–Crippen MR) is 112 cm³/mol. The first-order valence-corrected chi connectivity index (χ1v) is 10.5. The number of benzene rings is 3. The Bertz CT molecular complexity index is 799. The molecule has 0 aliphatic heterocycles. The third-order valence-electron chi connectivity index (χ3n) is 4.95. The molecule has 1 heteroatoms. The average Bonchev–Trinajstić information content (AvgIpc) is 2.52. The van der Waals surface area contributed by atoms with Crippen molar-refractivity contribution in [2.24, 2.45) is 0 Å². The fraction of sp³-hybridized carbons (Fsp3) is 0.250. The average molecular weight is 344 g/mol. The van der Waals surface area contributed by atoms with Gasteiger partial charge in [0.2, 0.25) is 0 Å². The van der Waals surface area contributed by atoms with Gasteiger partial charge in [0.15, 0.2) is 8.80 Å². The van der Waals surface area contributed by atoms with Crippen molar-refractivity contribution in [1.82, 2.24) is 0 Å². The fourth-order valence-electron chi connectivity index (χ4n) is 3.72. The molecular formula is C24H27Si. The van der Waals surface area contributed by atoms with Crippen LogP contribution in [0.25, 0.3) is 0 Å². The molecule has 0 bridgehead atoms. The highest BCUT2D eigenvalue weighted by atomic mass is 28.3. The van der Waals surface area contributed by atoms with E-state index in [1.807, 2.05) is 0 Å². The summed E-state index contributed by atoms with van der Waals surface area (Å²) in [6.07, 6.45) is 0. The van der Waals surface area contributed by atoms with Crippen LogP contribution in [0.5, 0.6) is 0 Å². The van der Waals surface area contributed by atoms with E-state index >= 15 is 0 Å². The molecule has 3 aromatic rings. The van der Waals surface area contributed by atoms with Gasteiger partial charge in [-0.2, -0.15) is 0 Å². The van der Waals surface area contributed by atoms with E-state index in [0.717, 1.165) is 0 Å². The van der Waals surface area contributed by atoms with Crippen molar-refractivity contribution in [2.45, 2.75) is 41.5 Å². The monoisotopic (exact) mass is 343 g/mol. The Kier molecular flexibility index (Phi) is 4.96. The molecule has 0 saturated heterocycles. The van der Waals surface area contributed by atoms with Crippen LogP contribution in [0.1, 0.15) is 33.4 Å². The molecule has 0 aromatic heterocycles. The zero-order valence-corrected chi connectivity index (χ0v) is 17.2. The fourth-order valence-corrected chi connectivity index (χ4v) is 6.74. The van der Waals surface area contributed by atoms with Gasteiger partial charge >= 0.3 is 0 Å². The smallest absolute Gasteiger partial charge is 0.0619 e. The lowest BCUT2D eigenvalue weighted by Gasteiger charge is -2.23. The van der Waals surface area contributed by atoms with E-state index in [0.29, 0.717) is 0 Å². The molecule has 0 N–H and O–H groups in total. The molecule has 0 aliphatic rings. The maximum Gasteiger partial charge on any atom is 0.155 e. The number of hydrogen-bond donors (Lipinski definition) is 0. The van der Waals surface area contributed by atoms with Crippen LogP contribution in [0.4, 0.5) is 0 Å². The van der Waals surface area contributed by atoms with E-state index in [1.54, 1.807) is 0 Å². The molecule has 25 heavy (non-hydrogen) atoms. The van der Waals surface area contributed by atoms with Gasteiger partial charge in [-0.05, 0) is 57.1 Å². The van der Waals surface area contributed by atoms with Crippen molar-refractivity contribution in [3.8, 4) is 0 Å². The first-order valence-electron chi connectivity index (χ1n) is 8.96. The summed E-state index contributed by atoms with van der Waals surface area (Å²) in [5, 5.41) is 4.53. The minimum absolute atomic E-state index is 1.02. The highest BCUT2D eigenvalue weighted by molar-refractivity contribution is 6.96. The summed E-state index contributed by atoms with van der Waals surface area (Å²) in [5.74, 6) is 0. The molecule has 3 rings (SSSR count). The molecule has 0 nitrogen and oxygen atoms in total. The van der Waals surface area contributed by atoms with E-state index in [-0.39, 0.29) is 0 Å². The van der Waals surface area contributed by atoms with Gasteiger partial charge in [0.05, 0.1) is 0 Å². The lowest BCUT2D eigenvalue weighted by molar-refractivity contribution is 1.39. The standard InChI is InChI=1S/C24H27Si/c1-16-7-10-22(19(4)13-16)25(23-11-8-17(2)14-20(23)5)24-12-9-18(3)15-21(24)6/h7-15H,1-6H3. The van der Waals surface area contributed by atoms with Gasteiger partial charge < -0.3 is 0 Å². The first-order chi connectivity index (χ1) is 11.9. The highest BCUT2D eigenvalue weighted by Gasteiger charge is 2.24. The zero-order valence-electron chi connectivity index (χ0n) is 16.2. The summed E-state index contributed by atoms with van der Waals surface area (Å²) < 4.78 is 0. The van der Waals surface area contributed by atoms with Gasteiger partial charge in [-0.3, -0.25) is 0 Å². The zero-order chi connectivity index (χ0) is 18.1. The largest absolute Gasteiger partial charge is 0.155 e. The normalized spacial score (nSPS) is 11.2. The second kappa shape index (κ2) is 7.01. The molecule has 0 spiro atoms. The van der Waals surface area contributed by atoms with Crippen molar-refractivity contribution in [3.63, 3.8) is 0 Å². The molecular weight excluding hydrogens is 316 g/mol. The predicted octanol–water partition coefficient (Wildman–Crippen LogP) is 4.05. The minimum atomic E-state index is -1.02. The van der Waals surface area contributed by atoms with Gasteiger partial charge in [0.25, 0.3) is 0 Å². The van der Waals surface area contributed by atoms with Crippen molar-refractivity contribution >= 4 is 24.4 Å². The van der Waals surface area contributed by atoms with Crippen LogP contribution in [0.15, 0.2) is 54.6 Å². The molecule has 0 aliphatic carbocycles. The summed E-state index contributed by atoms with van der Waals surface area (Å²) in [4.78, 5) is 0. The van der Waals surface area contributed by atoms with Gasteiger partial charge in [0, 0.05) is 0 Å². The molecule has 1 radical (unpaired) electrons. The van der Waals surface area contributed by atoms with E-state index in [2.05, 4.69) is 96.1 Å². The SMILES string of the molecule is Cc1ccc([Si](c2ccc(C)cc2C)c2ccc(C)cc2C)c(C)c1. The maximum atomic E-state index is 2.36. The number of aryl methyl sites for hydroxylation is 6. The summed E-state index contributed by atoms with van der Waals surface area (Å²) in [5.41, 5.74) is 8.24. The molecule has 127 valence electrons. The topological polar surface area (TPSA) is 0 Å². The molecule has 0 unspecified atom stereocenters. The first kappa shape index (κ1) is 17.7. The summed E-state index contributed by atoms with van der Waals surface area (Å²) in [6.45, 7) is 13.3. The van der Waals surface area contributed by atoms with Crippen LogP contribution < -0.4 is 15.6 Å². The Labute approximate surface area is 154 Å². The Morgan fingerprint density at radius 2 is 0.720 bits per heavy atom. The summed E-state index contributed by atoms with van der Waals surface area (Å²) >= 11 is 0. The van der Waals surface area contributed by atoms with E-state index in [9.17, 15) is 0 Å². The summed E-state index contributed by atoms with van der Waals surface area (Å²) in [6, 6.07) is 20.8. The lowest BCUT2D eigenvalue weighted by Crippen LogP contribution is -2.54. The van der Waals surface area contributed by atoms with Crippen molar-refractivity contribution in [3.05, 3.63) is 88.0 Å². The van der Waals surface area contributed by atoms with Crippen LogP contribution in [-0.4, -0.2) is 8.80 Å². The van der Waals surface area contributed by atoms with Gasteiger partial charge in [-0.15, -0.1) is 0 Å². The van der Waals surface area contributed by atoms with Crippen LogP contribution >= 0.6 is 0 Å². The maximum absolute atomic E-state index is 2.36. The van der Waals surface area contributed by atoms with E-state index in [4.69, 9.17) is 0 Å². The quantitative estimate of drug-likeness (QED) is 0.497. The number of rotatable bonds is 3. The Morgan fingerprint density at radius 3 is 0.960 bits per heavy atom. The van der Waals surface area contributed by atoms with Crippen LogP contribution in [-0.2, 0) is 0 Å². The van der Waals surface area contributed by atoms with Gasteiger partial charge in [-0.25, -0.2) is 0 Å². The number of hydrogen-bond acceptors (Lipinski definition) is 0. The minimum Gasteiger partial charge on any atom is -0.0619 e. The third-order valence-corrected chi connectivity index (χ3v) is 8.25. The molecule has 3 aromatic carbocycles. The second-order valence-electron chi connectivity index (χ2n) is 7.33. The molecule has 0 amide bonds.